The first-order valence-electron chi connectivity index (χ1n) is 9.88. The molecule has 9 heteroatoms. The Morgan fingerprint density at radius 2 is 1.52 bits per heavy atom. The van der Waals surface area contributed by atoms with E-state index in [1.807, 2.05) is 17.0 Å². The lowest BCUT2D eigenvalue weighted by Crippen LogP contribution is -2.35. The molecule has 2 aromatic heterocycles. The molecule has 0 radical (unpaired) electrons. The van der Waals surface area contributed by atoms with Crippen molar-refractivity contribution in [2.45, 2.75) is 39.5 Å². The summed E-state index contributed by atoms with van der Waals surface area (Å²) < 4.78 is 0.947. The van der Waals surface area contributed by atoms with Gasteiger partial charge in [-0.05, 0) is 68.6 Å². The Morgan fingerprint density at radius 1 is 0.966 bits per heavy atom. The molecule has 0 atom stereocenters. The van der Waals surface area contributed by atoms with Gasteiger partial charge in [-0.1, -0.05) is 0 Å². The first kappa shape index (κ1) is 24.1. The summed E-state index contributed by atoms with van der Waals surface area (Å²) in [6, 6.07) is 0. The van der Waals surface area contributed by atoms with E-state index in [9.17, 15) is 9.59 Å². The molecular weight excluding hydrogens is 472 g/mol. The molecule has 2 fully saturated rings. The number of nitrogens with one attached hydrogen (secondary N) is 1. The van der Waals surface area contributed by atoms with Crippen LogP contribution in [0.3, 0.4) is 0 Å². The van der Waals surface area contributed by atoms with E-state index >= 15 is 0 Å². The lowest BCUT2D eigenvalue weighted by molar-refractivity contribution is -0.122. The molecule has 4 rings (SSSR count). The Labute approximate surface area is 189 Å². The highest BCUT2D eigenvalue weighted by Gasteiger charge is 2.23. The summed E-state index contributed by atoms with van der Waals surface area (Å²) in [5.41, 5.74) is 0. The van der Waals surface area contributed by atoms with Gasteiger partial charge < -0.3 is 10.2 Å². The molecule has 0 spiro atoms. The van der Waals surface area contributed by atoms with Crippen LogP contribution in [0.5, 0.6) is 0 Å². The van der Waals surface area contributed by atoms with E-state index in [-0.39, 0.29) is 5.92 Å². The maximum absolute atomic E-state index is 11.2. The van der Waals surface area contributed by atoms with Crippen molar-refractivity contribution < 1.29 is 9.59 Å². The third-order valence-corrected chi connectivity index (χ3v) is 7.23. The number of halogens is 1. The molecule has 4 heterocycles. The highest BCUT2D eigenvalue weighted by molar-refractivity contribution is 9.11. The van der Waals surface area contributed by atoms with Crippen LogP contribution >= 0.6 is 38.6 Å². The van der Waals surface area contributed by atoms with Crippen LogP contribution < -0.4 is 10.2 Å². The molecule has 1 N–H and O–H groups in total. The lowest BCUT2D eigenvalue weighted by Gasteiger charge is -2.30. The van der Waals surface area contributed by atoms with Crippen LogP contribution in [0.1, 0.15) is 39.5 Å². The third-order valence-electron chi connectivity index (χ3n) is 5.08. The number of carbonyl (C=O) groups excluding carboxylic acids is 2. The van der Waals surface area contributed by atoms with Crippen LogP contribution in [-0.4, -0.2) is 47.7 Å². The summed E-state index contributed by atoms with van der Waals surface area (Å²) in [5, 5.41) is 8.22. The van der Waals surface area contributed by atoms with Crippen molar-refractivity contribution in [2.24, 2.45) is 11.8 Å². The standard InChI is InChI=1S/C10H14N2OS.C7H13NO.C3H2BrNS/c1-8(13)9-2-5-12(6-3-9)10-11-4-7-14-10;1-6(9)7-2-4-8-5-3-7;4-3-5-1-2-6-3/h4,7,9H,2-3,5-6H2,1H3;7-8H,2-5H2,1H3;1-2H. The average Bonchev–Trinajstić information content (AvgIpc) is 3.44. The maximum atomic E-state index is 11.2. The van der Waals surface area contributed by atoms with E-state index in [1.54, 1.807) is 42.7 Å². The number of Topliss-reactive ketones (excluding diaryl/α,β-unsaturated/α-hetero) is 2. The van der Waals surface area contributed by atoms with E-state index in [0.29, 0.717) is 17.5 Å². The van der Waals surface area contributed by atoms with E-state index in [1.165, 1.54) is 0 Å². The number of anilines is 1. The van der Waals surface area contributed by atoms with Gasteiger partial charge in [0.25, 0.3) is 0 Å². The zero-order chi connectivity index (χ0) is 21.1. The molecule has 0 bridgehead atoms. The smallest absolute Gasteiger partial charge is 0.185 e. The van der Waals surface area contributed by atoms with E-state index in [4.69, 9.17) is 0 Å². The van der Waals surface area contributed by atoms with Crippen molar-refractivity contribution in [3.63, 3.8) is 0 Å². The molecule has 2 aromatic rings. The number of piperidine rings is 2. The normalized spacial score (nSPS) is 17.6. The Kier molecular flexibility index (Phi) is 11.0. The predicted octanol–water partition coefficient (Wildman–Crippen LogP) is 4.43. The van der Waals surface area contributed by atoms with E-state index in [0.717, 1.165) is 60.9 Å². The second kappa shape index (κ2) is 13.2. The number of aromatic nitrogens is 2. The molecule has 0 aliphatic carbocycles. The number of thiazole rings is 2. The molecular formula is C20H29BrN4O2S2. The predicted molar refractivity (Wildman–Crippen MR) is 124 cm³/mol. The van der Waals surface area contributed by atoms with Gasteiger partial charge in [-0.2, -0.15) is 0 Å². The van der Waals surface area contributed by atoms with Crippen molar-refractivity contribution in [3.05, 3.63) is 27.1 Å². The summed E-state index contributed by atoms with van der Waals surface area (Å²) in [6.07, 6.45) is 7.63. The Morgan fingerprint density at radius 3 is 1.90 bits per heavy atom. The molecule has 2 saturated heterocycles. The molecule has 0 aromatic carbocycles. The first-order valence-corrected chi connectivity index (χ1v) is 12.4. The second-order valence-corrected chi connectivity index (χ2v) is 10.2. The molecule has 0 saturated carbocycles. The van der Waals surface area contributed by atoms with Gasteiger partial charge in [-0.25, -0.2) is 9.97 Å². The van der Waals surface area contributed by atoms with Gasteiger partial charge in [0.2, 0.25) is 0 Å². The summed E-state index contributed by atoms with van der Waals surface area (Å²) in [6.45, 7) is 7.36. The minimum atomic E-state index is 0.284. The fourth-order valence-corrected chi connectivity index (χ4v) is 4.78. The van der Waals surface area contributed by atoms with Crippen molar-refractivity contribution in [1.82, 2.24) is 15.3 Å². The quantitative estimate of drug-likeness (QED) is 0.671. The summed E-state index contributed by atoms with van der Waals surface area (Å²) in [7, 11) is 0. The Hall–Kier alpha value is -1.16. The fraction of sp³-hybridized carbons (Fsp3) is 0.600. The molecule has 160 valence electrons. The van der Waals surface area contributed by atoms with Crippen molar-refractivity contribution in [3.8, 4) is 0 Å². The number of nitrogens with zero attached hydrogens (tertiary/aromatic N) is 3. The number of hydrogen-bond acceptors (Lipinski definition) is 8. The van der Waals surface area contributed by atoms with Gasteiger partial charge in [0.15, 0.2) is 9.05 Å². The second-order valence-electron chi connectivity index (χ2n) is 7.11. The van der Waals surface area contributed by atoms with Crippen LogP contribution in [-0.2, 0) is 9.59 Å². The van der Waals surface area contributed by atoms with Crippen LogP contribution in [0.15, 0.2) is 27.1 Å². The Bertz CT molecular complexity index is 711. The third kappa shape index (κ3) is 9.02. The molecule has 6 nitrogen and oxygen atoms in total. The van der Waals surface area contributed by atoms with Crippen LogP contribution in [0.4, 0.5) is 5.13 Å². The van der Waals surface area contributed by atoms with Gasteiger partial charge in [-0.15, -0.1) is 22.7 Å². The zero-order valence-electron chi connectivity index (χ0n) is 17.0. The zero-order valence-corrected chi connectivity index (χ0v) is 20.2. The van der Waals surface area contributed by atoms with E-state index < -0.39 is 0 Å². The first-order chi connectivity index (χ1) is 14.0. The summed E-state index contributed by atoms with van der Waals surface area (Å²) in [4.78, 5) is 32.3. The topological polar surface area (TPSA) is 75.2 Å². The number of carbonyl (C=O) groups is 2. The molecule has 0 amide bonds. The summed E-state index contributed by atoms with van der Waals surface area (Å²) in [5.74, 6) is 1.33. The SMILES string of the molecule is Brc1nccs1.CC(=O)C1CCN(c2nccs2)CC1.CC(=O)C1CCNCC1. The van der Waals surface area contributed by atoms with Crippen molar-refractivity contribution in [2.75, 3.05) is 31.1 Å². The average molecular weight is 502 g/mol. The number of rotatable bonds is 3. The number of ketones is 2. The lowest BCUT2D eigenvalue weighted by atomic mass is 9.94. The van der Waals surface area contributed by atoms with Gasteiger partial charge in [0.1, 0.15) is 11.6 Å². The Balaban J connectivity index is 0.000000171. The van der Waals surface area contributed by atoms with E-state index in [2.05, 4.69) is 36.1 Å². The largest absolute Gasteiger partial charge is 0.348 e. The maximum Gasteiger partial charge on any atom is 0.185 e. The molecule has 0 unspecified atom stereocenters. The van der Waals surface area contributed by atoms with Crippen LogP contribution in [0, 0.1) is 11.8 Å². The van der Waals surface area contributed by atoms with Gasteiger partial charge in [-0.3, -0.25) is 9.59 Å². The molecule has 29 heavy (non-hydrogen) atoms. The highest BCUT2D eigenvalue weighted by Crippen LogP contribution is 2.25. The van der Waals surface area contributed by atoms with Gasteiger partial charge in [0.05, 0.1) is 0 Å². The van der Waals surface area contributed by atoms with Crippen LogP contribution in [0.25, 0.3) is 0 Å². The van der Waals surface area contributed by atoms with Gasteiger partial charge in [0, 0.05) is 48.1 Å². The summed E-state index contributed by atoms with van der Waals surface area (Å²) >= 11 is 6.44. The minimum Gasteiger partial charge on any atom is -0.348 e. The number of hydrogen-bond donors (Lipinski definition) is 1. The highest BCUT2D eigenvalue weighted by atomic mass is 79.9. The fourth-order valence-electron chi connectivity index (χ4n) is 3.28. The van der Waals surface area contributed by atoms with Crippen LogP contribution in [0.2, 0.25) is 0 Å². The van der Waals surface area contributed by atoms with Crippen molar-refractivity contribution >= 4 is 55.3 Å². The molecule has 2 aliphatic heterocycles. The molecule has 2 aliphatic rings. The van der Waals surface area contributed by atoms with Gasteiger partial charge >= 0.3 is 0 Å². The monoisotopic (exact) mass is 500 g/mol. The minimum absolute atomic E-state index is 0.284. The van der Waals surface area contributed by atoms with Crippen molar-refractivity contribution in [1.29, 1.82) is 0 Å².